The van der Waals surface area contributed by atoms with Crippen LogP contribution in [0.3, 0.4) is 0 Å². The van der Waals surface area contributed by atoms with Gasteiger partial charge in [-0.2, -0.15) is 0 Å². The lowest BCUT2D eigenvalue weighted by Crippen LogP contribution is -2.30. The number of benzene rings is 3. The average molecular weight is 513 g/mol. The molecule has 1 unspecified atom stereocenters. The molecule has 0 spiro atoms. The van der Waals surface area contributed by atoms with E-state index in [0.717, 1.165) is 41.9 Å². The fourth-order valence-electron chi connectivity index (χ4n) is 4.93. The van der Waals surface area contributed by atoms with E-state index in [4.69, 9.17) is 4.74 Å². The lowest BCUT2D eigenvalue weighted by atomic mass is 9.94. The number of amides is 1. The highest BCUT2D eigenvalue weighted by atomic mass is 16.5. The number of hydrogen-bond acceptors (Lipinski definition) is 5. The van der Waals surface area contributed by atoms with Crippen molar-refractivity contribution in [1.82, 2.24) is 0 Å². The molecule has 3 aromatic carbocycles. The molecule has 3 aromatic rings. The van der Waals surface area contributed by atoms with E-state index in [1.54, 1.807) is 24.3 Å². The zero-order chi connectivity index (χ0) is 27.4. The van der Waals surface area contributed by atoms with Gasteiger partial charge in [-0.05, 0) is 93.3 Å². The second-order valence-corrected chi connectivity index (χ2v) is 9.52. The molecule has 198 valence electrons. The third kappa shape index (κ3) is 5.03. The first-order chi connectivity index (χ1) is 18.3. The molecule has 4 rings (SSSR count). The number of aliphatic hydroxyl groups is 1. The monoisotopic (exact) mass is 512 g/mol. The third-order valence-electron chi connectivity index (χ3n) is 7.22. The molecule has 1 saturated heterocycles. The Morgan fingerprint density at radius 2 is 1.58 bits per heavy atom. The fourth-order valence-corrected chi connectivity index (χ4v) is 4.93. The van der Waals surface area contributed by atoms with Gasteiger partial charge < -0.3 is 14.7 Å². The maximum Gasteiger partial charge on any atom is 0.300 e. The van der Waals surface area contributed by atoms with E-state index in [0.29, 0.717) is 23.6 Å². The largest absolute Gasteiger partial charge is 0.507 e. The average Bonchev–Trinajstić information content (AvgIpc) is 3.20. The number of Topliss-reactive ketones (excluding diaryl/α,β-unsaturated/α-hetero) is 1. The Hall–Kier alpha value is -4.06. The first-order valence-corrected chi connectivity index (χ1v) is 13.3. The minimum atomic E-state index is -0.766. The summed E-state index contributed by atoms with van der Waals surface area (Å²) >= 11 is 0. The summed E-state index contributed by atoms with van der Waals surface area (Å²) in [6.45, 7) is 12.5. The SMILES string of the molecule is CCCOc1ccc(/C(O)=C2\C(=O)C(=O)N(c3cccc(C)c3C)C2c2ccc(N(CC)CC)cc2)cc1. The van der Waals surface area contributed by atoms with Crippen LogP contribution in [0.25, 0.3) is 5.76 Å². The molecule has 1 atom stereocenters. The lowest BCUT2D eigenvalue weighted by molar-refractivity contribution is -0.132. The topological polar surface area (TPSA) is 70.1 Å². The molecule has 1 fully saturated rings. The van der Waals surface area contributed by atoms with Crippen LogP contribution < -0.4 is 14.5 Å². The van der Waals surface area contributed by atoms with E-state index in [9.17, 15) is 14.7 Å². The Balaban J connectivity index is 1.87. The summed E-state index contributed by atoms with van der Waals surface area (Å²) in [5.41, 5.74) is 4.94. The molecule has 0 radical (unpaired) electrons. The van der Waals surface area contributed by atoms with Gasteiger partial charge in [0.2, 0.25) is 0 Å². The third-order valence-corrected chi connectivity index (χ3v) is 7.22. The molecular weight excluding hydrogens is 476 g/mol. The van der Waals surface area contributed by atoms with E-state index >= 15 is 0 Å². The van der Waals surface area contributed by atoms with Crippen LogP contribution in [0.15, 0.2) is 72.3 Å². The van der Waals surface area contributed by atoms with Crippen LogP contribution in [0.5, 0.6) is 5.75 Å². The van der Waals surface area contributed by atoms with Gasteiger partial charge in [0.05, 0.1) is 18.2 Å². The molecule has 0 aromatic heterocycles. The Labute approximate surface area is 225 Å². The minimum Gasteiger partial charge on any atom is -0.507 e. The minimum absolute atomic E-state index is 0.0775. The van der Waals surface area contributed by atoms with Crippen LogP contribution in [0, 0.1) is 13.8 Å². The molecule has 1 amide bonds. The summed E-state index contributed by atoms with van der Waals surface area (Å²) in [5.74, 6) is -0.868. The first kappa shape index (κ1) is 27.0. The highest BCUT2D eigenvalue weighted by Crippen LogP contribution is 2.43. The number of aryl methyl sites for hydroxylation is 1. The number of nitrogens with zero attached hydrogens (tertiary/aromatic N) is 2. The smallest absolute Gasteiger partial charge is 0.300 e. The van der Waals surface area contributed by atoms with Gasteiger partial charge in [0, 0.05) is 30.0 Å². The molecule has 6 heteroatoms. The molecular formula is C32H36N2O4. The lowest BCUT2D eigenvalue weighted by Gasteiger charge is -2.28. The van der Waals surface area contributed by atoms with Gasteiger partial charge in [-0.25, -0.2) is 0 Å². The van der Waals surface area contributed by atoms with Crippen molar-refractivity contribution in [3.05, 3.63) is 94.6 Å². The molecule has 6 nitrogen and oxygen atoms in total. The highest BCUT2D eigenvalue weighted by Gasteiger charge is 2.47. The maximum absolute atomic E-state index is 13.5. The fraction of sp³-hybridized carbons (Fsp3) is 0.312. The summed E-state index contributed by atoms with van der Waals surface area (Å²) in [6.07, 6.45) is 0.886. The predicted octanol–water partition coefficient (Wildman–Crippen LogP) is 6.56. The van der Waals surface area contributed by atoms with Crippen LogP contribution in [0.1, 0.15) is 55.5 Å². The zero-order valence-electron chi connectivity index (χ0n) is 22.8. The van der Waals surface area contributed by atoms with Crippen molar-refractivity contribution in [2.24, 2.45) is 0 Å². The van der Waals surface area contributed by atoms with Gasteiger partial charge in [0.25, 0.3) is 11.7 Å². The molecule has 1 aliphatic heterocycles. The summed E-state index contributed by atoms with van der Waals surface area (Å²) < 4.78 is 5.66. The Kier molecular flexibility index (Phi) is 8.20. The molecule has 1 heterocycles. The second-order valence-electron chi connectivity index (χ2n) is 9.52. The number of hydrogen-bond donors (Lipinski definition) is 1. The maximum atomic E-state index is 13.5. The van der Waals surface area contributed by atoms with Gasteiger partial charge in [-0.3, -0.25) is 14.5 Å². The van der Waals surface area contributed by atoms with Gasteiger partial charge in [0.1, 0.15) is 11.5 Å². The number of anilines is 2. The van der Waals surface area contributed by atoms with Crippen LogP contribution in [-0.4, -0.2) is 36.5 Å². The van der Waals surface area contributed by atoms with Crippen LogP contribution in [0.2, 0.25) is 0 Å². The van der Waals surface area contributed by atoms with E-state index in [1.165, 1.54) is 4.90 Å². The van der Waals surface area contributed by atoms with Gasteiger partial charge in [-0.15, -0.1) is 0 Å². The number of rotatable bonds is 9. The van der Waals surface area contributed by atoms with Crippen LogP contribution in [-0.2, 0) is 9.59 Å². The van der Waals surface area contributed by atoms with E-state index in [-0.39, 0.29) is 11.3 Å². The summed E-state index contributed by atoms with van der Waals surface area (Å²) in [5, 5.41) is 11.4. The Morgan fingerprint density at radius 1 is 0.921 bits per heavy atom. The van der Waals surface area contributed by atoms with Crippen LogP contribution in [0.4, 0.5) is 11.4 Å². The molecule has 0 aliphatic carbocycles. The van der Waals surface area contributed by atoms with E-state index in [2.05, 4.69) is 18.7 Å². The summed E-state index contributed by atoms with van der Waals surface area (Å²) in [6, 6.07) is 19.8. The molecule has 0 bridgehead atoms. The van der Waals surface area contributed by atoms with Crippen molar-refractivity contribution in [3.63, 3.8) is 0 Å². The zero-order valence-corrected chi connectivity index (χ0v) is 22.8. The van der Waals surface area contributed by atoms with Crippen molar-refractivity contribution in [2.45, 2.75) is 47.1 Å². The quantitative estimate of drug-likeness (QED) is 0.200. The summed E-state index contributed by atoms with van der Waals surface area (Å²) in [4.78, 5) is 30.8. The Morgan fingerprint density at radius 3 is 2.18 bits per heavy atom. The van der Waals surface area contributed by atoms with Crippen molar-refractivity contribution >= 4 is 28.8 Å². The molecule has 1 aliphatic rings. The van der Waals surface area contributed by atoms with E-state index in [1.807, 2.05) is 63.2 Å². The molecule has 38 heavy (non-hydrogen) atoms. The number of ketones is 1. The molecule has 1 N–H and O–H groups in total. The second kappa shape index (κ2) is 11.5. The van der Waals surface area contributed by atoms with Crippen molar-refractivity contribution < 1.29 is 19.4 Å². The molecule has 0 saturated carbocycles. The normalized spacial score (nSPS) is 16.7. The standard InChI is InChI=1S/C32H36N2O4/c1-6-20-38-26-18-14-24(15-19-26)30(35)28-29(23-12-16-25(17-13-23)33(7-2)8-3)34(32(37)31(28)36)27-11-9-10-21(4)22(27)5/h9-19,29,35H,6-8,20H2,1-5H3/b30-28+. The van der Waals surface area contributed by atoms with Gasteiger partial charge in [-0.1, -0.05) is 31.2 Å². The van der Waals surface area contributed by atoms with E-state index < -0.39 is 17.7 Å². The van der Waals surface area contributed by atoms with Crippen molar-refractivity contribution in [1.29, 1.82) is 0 Å². The van der Waals surface area contributed by atoms with Gasteiger partial charge >= 0.3 is 0 Å². The predicted molar refractivity (Wildman–Crippen MR) is 153 cm³/mol. The van der Waals surface area contributed by atoms with Crippen LogP contribution >= 0.6 is 0 Å². The number of ether oxygens (including phenoxy) is 1. The highest BCUT2D eigenvalue weighted by molar-refractivity contribution is 6.51. The first-order valence-electron chi connectivity index (χ1n) is 13.3. The van der Waals surface area contributed by atoms with Crippen molar-refractivity contribution in [3.8, 4) is 5.75 Å². The summed E-state index contributed by atoms with van der Waals surface area (Å²) in [7, 11) is 0. The number of aliphatic hydroxyl groups excluding tert-OH is 1. The van der Waals surface area contributed by atoms with Gasteiger partial charge in [0.15, 0.2) is 0 Å². The van der Waals surface area contributed by atoms with Crippen molar-refractivity contribution in [2.75, 3.05) is 29.5 Å². The number of carbonyl (C=O) groups excluding carboxylic acids is 2. The Bertz CT molecular complexity index is 1340. The number of carbonyl (C=O) groups is 2.